The lowest BCUT2D eigenvalue weighted by atomic mass is 9.80. The fourth-order valence-corrected chi connectivity index (χ4v) is 2.38. The Hall–Kier alpha value is -2.35. The standard InChI is InChI=1S/C17H23ClN2O6/c1-16(2,3)26-15(22)19-13(17(4,5)14(21)25-10-18)11-7-6-8-12(9-11)20(23)24/h6-9,13H,10H2,1-5H3,(H,19,22). The molecule has 0 bridgehead atoms. The number of hydrogen-bond donors (Lipinski definition) is 1. The number of non-ortho nitro benzene ring substituents is 1. The van der Waals surface area contributed by atoms with Crippen molar-refractivity contribution in [2.75, 3.05) is 6.07 Å². The van der Waals surface area contributed by atoms with Gasteiger partial charge in [-0.2, -0.15) is 0 Å². The monoisotopic (exact) mass is 386 g/mol. The molecule has 0 heterocycles. The van der Waals surface area contributed by atoms with E-state index in [-0.39, 0.29) is 11.8 Å². The van der Waals surface area contributed by atoms with Crippen LogP contribution in [0.5, 0.6) is 0 Å². The number of nitrogens with zero attached hydrogens (tertiary/aromatic N) is 1. The molecule has 8 nitrogen and oxygen atoms in total. The molecule has 1 unspecified atom stereocenters. The van der Waals surface area contributed by atoms with Crippen LogP contribution < -0.4 is 5.32 Å². The summed E-state index contributed by atoms with van der Waals surface area (Å²) in [5.74, 6) is -0.667. The summed E-state index contributed by atoms with van der Waals surface area (Å²) in [5.41, 5.74) is -1.82. The predicted molar refractivity (Wildman–Crippen MR) is 95.8 cm³/mol. The topological polar surface area (TPSA) is 108 Å². The van der Waals surface area contributed by atoms with Gasteiger partial charge in [-0.25, -0.2) is 4.79 Å². The van der Waals surface area contributed by atoms with E-state index in [1.807, 2.05) is 0 Å². The van der Waals surface area contributed by atoms with Crippen molar-refractivity contribution in [2.24, 2.45) is 5.41 Å². The maximum Gasteiger partial charge on any atom is 0.408 e. The summed E-state index contributed by atoms with van der Waals surface area (Å²) in [6.07, 6.45) is -0.763. The van der Waals surface area contributed by atoms with Gasteiger partial charge in [0.15, 0.2) is 6.07 Å². The van der Waals surface area contributed by atoms with Gasteiger partial charge in [0.25, 0.3) is 5.69 Å². The highest BCUT2D eigenvalue weighted by Gasteiger charge is 2.41. The highest BCUT2D eigenvalue weighted by atomic mass is 35.5. The number of ether oxygens (including phenoxy) is 2. The molecular weight excluding hydrogens is 364 g/mol. The summed E-state index contributed by atoms with van der Waals surface area (Å²) in [7, 11) is 0. The quantitative estimate of drug-likeness (QED) is 0.343. The minimum Gasteiger partial charge on any atom is -0.449 e. The number of hydrogen-bond acceptors (Lipinski definition) is 6. The number of rotatable bonds is 6. The highest BCUT2D eigenvalue weighted by molar-refractivity contribution is 6.17. The van der Waals surface area contributed by atoms with E-state index in [9.17, 15) is 19.7 Å². The first-order valence-electron chi connectivity index (χ1n) is 7.85. The van der Waals surface area contributed by atoms with Gasteiger partial charge in [0.05, 0.1) is 16.4 Å². The first-order valence-corrected chi connectivity index (χ1v) is 8.39. The van der Waals surface area contributed by atoms with Crippen molar-refractivity contribution >= 4 is 29.4 Å². The Bertz CT molecular complexity index is 684. The third-order valence-electron chi connectivity index (χ3n) is 3.51. The third kappa shape index (κ3) is 5.87. The fourth-order valence-electron chi connectivity index (χ4n) is 2.28. The van der Waals surface area contributed by atoms with Crippen molar-refractivity contribution in [3.63, 3.8) is 0 Å². The molecular formula is C17H23ClN2O6. The zero-order valence-electron chi connectivity index (χ0n) is 15.4. The van der Waals surface area contributed by atoms with Crippen LogP contribution in [0, 0.1) is 15.5 Å². The van der Waals surface area contributed by atoms with Crippen LogP contribution in [0.15, 0.2) is 24.3 Å². The molecule has 144 valence electrons. The number of benzene rings is 1. The largest absolute Gasteiger partial charge is 0.449 e. The van der Waals surface area contributed by atoms with Gasteiger partial charge in [0, 0.05) is 12.1 Å². The summed E-state index contributed by atoms with van der Waals surface area (Å²) in [6.45, 7) is 8.18. The van der Waals surface area contributed by atoms with Gasteiger partial charge in [-0.3, -0.25) is 14.9 Å². The molecule has 1 atom stereocenters. The number of carbonyl (C=O) groups excluding carboxylic acids is 2. The minimum absolute atomic E-state index is 0.167. The van der Waals surface area contributed by atoms with E-state index in [1.165, 1.54) is 18.2 Å². The summed E-state index contributed by atoms with van der Waals surface area (Å²) in [6, 6.07) is 4.37. The highest BCUT2D eigenvalue weighted by Crippen LogP contribution is 2.36. The summed E-state index contributed by atoms with van der Waals surface area (Å²) in [4.78, 5) is 35.1. The van der Waals surface area contributed by atoms with Crippen molar-refractivity contribution < 1.29 is 24.0 Å². The molecule has 1 amide bonds. The minimum atomic E-state index is -1.26. The van der Waals surface area contributed by atoms with Crippen LogP contribution in [0.25, 0.3) is 0 Å². The fraction of sp³-hybridized carbons (Fsp3) is 0.529. The van der Waals surface area contributed by atoms with E-state index in [0.717, 1.165) is 0 Å². The second kappa shape index (κ2) is 8.35. The van der Waals surface area contributed by atoms with E-state index in [0.29, 0.717) is 5.56 Å². The van der Waals surface area contributed by atoms with Crippen LogP contribution in [0.1, 0.15) is 46.2 Å². The van der Waals surface area contributed by atoms with Crippen LogP contribution >= 0.6 is 11.6 Å². The van der Waals surface area contributed by atoms with Gasteiger partial charge in [-0.05, 0) is 40.2 Å². The van der Waals surface area contributed by atoms with E-state index in [4.69, 9.17) is 21.1 Å². The molecule has 9 heteroatoms. The molecule has 0 aliphatic rings. The van der Waals surface area contributed by atoms with Gasteiger partial charge >= 0.3 is 12.1 Å². The van der Waals surface area contributed by atoms with Crippen LogP contribution in [-0.2, 0) is 14.3 Å². The summed E-state index contributed by atoms with van der Waals surface area (Å²) in [5, 5.41) is 13.7. The number of carbonyl (C=O) groups is 2. The number of amides is 1. The zero-order valence-corrected chi connectivity index (χ0v) is 16.1. The number of esters is 1. The maximum atomic E-state index is 12.3. The van der Waals surface area contributed by atoms with Gasteiger partial charge in [0.2, 0.25) is 0 Å². The third-order valence-corrected chi connectivity index (χ3v) is 3.62. The van der Waals surface area contributed by atoms with Gasteiger partial charge in [0.1, 0.15) is 5.60 Å². The molecule has 0 spiro atoms. The van der Waals surface area contributed by atoms with Crippen molar-refractivity contribution in [3.8, 4) is 0 Å². The first kappa shape index (κ1) is 21.7. The second-order valence-electron chi connectivity index (χ2n) is 7.19. The van der Waals surface area contributed by atoms with Crippen LogP contribution in [0.3, 0.4) is 0 Å². The number of halogens is 1. The molecule has 1 aromatic rings. The smallest absolute Gasteiger partial charge is 0.408 e. The Kier molecular flexibility index (Phi) is 6.97. The molecule has 26 heavy (non-hydrogen) atoms. The lowest BCUT2D eigenvalue weighted by Crippen LogP contribution is -2.44. The maximum absolute atomic E-state index is 12.3. The van der Waals surface area contributed by atoms with Crippen molar-refractivity contribution in [1.29, 1.82) is 0 Å². The number of alkyl halides is 1. The zero-order chi connectivity index (χ0) is 20.1. The Balaban J connectivity index is 3.29. The summed E-state index contributed by atoms with van der Waals surface area (Å²) >= 11 is 5.47. The van der Waals surface area contributed by atoms with Crippen molar-refractivity contribution in [2.45, 2.75) is 46.3 Å². The van der Waals surface area contributed by atoms with Gasteiger partial charge in [-0.15, -0.1) is 0 Å². The molecule has 0 saturated heterocycles. The number of nitro benzene ring substituents is 1. The van der Waals surface area contributed by atoms with Crippen molar-refractivity contribution in [1.82, 2.24) is 5.32 Å². The molecule has 0 aliphatic heterocycles. The first-order chi connectivity index (χ1) is 11.9. The Morgan fingerprint density at radius 3 is 2.38 bits per heavy atom. The van der Waals surface area contributed by atoms with E-state index < -0.39 is 34.0 Å². The number of nitro groups is 1. The molecule has 0 aromatic heterocycles. The lowest BCUT2D eigenvalue weighted by Gasteiger charge is -2.33. The van der Waals surface area contributed by atoms with Gasteiger partial charge < -0.3 is 14.8 Å². The molecule has 0 saturated carbocycles. The number of nitrogens with one attached hydrogen (secondary N) is 1. The lowest BCUT2D eigenvalue weighted by molar-refractivity contribution is -0.385. The Morgan fingerprint density at radius 1 is 1.27 bits per heavy atom. The van der Waals surface area contributed by atoms with Crippen LogP contribution in [-0.4, -0.2) is 28.7 Å². The SMILES string of the molecule is CC(C)(C)OC(=O)NC(c1cccc([N+](=O)[O-])c1)C(C)(C)C(=O)OCCl. The average Bonchev–Trinajstić information content (AvgIpc) is 2.51. The van der Waals surface area contributed by atoms with E-state index in [2.05, 4.69) is 5.32 Å². The summed E-state index contributed by atoms with van der Waals surface area (Å²) < 4.78 is 10.1. The van der Waals surface area contributed by atoms with Crippen LogP contribution in [0.2, 0.25) is 0 Å². The molecule has 1 aromatic carbocycles. The molecule has 1 N–H and O–H groups in total. The normalized spacial score (nSPS) is 12.8. The second-order valence-corrected chi connectivity index (χ2v) is 7.41. The number of alkyl carbamates (subject to hydrolysis) is 1. The average molecular weight is 387 g/mol. The van der Waals surface area contributed by atoms with E-state index >= 15 is 0 Å². The van der Waals surface area contributed by atoms with E-state index in [1.54, 1.807) is 40.7 Å². The van der Waals surface area contributed by atoms with Gasteiger partial charge in [-0.1, -0.05) is 23.7 Å². The van der Waals surface area contributed by atoms with Crippen LogP contribution in [0.4, 0.5) is 10.5 Å². The Labute approximate surface area is 157 Å². The molecule has 1 rings (SSSR count). The molecule has 0 radical (unpaired) electrons. The van der Waals surface area contributed by atoms with Crippen molar-refractivity contribution in [3.05, 3.63) is 39.9 Å². The molecule has 0 fully saturated rings. The Morgan fingerprint density at radius 2 is 1.88 bits per heavy atom. The molecule has 0 aliphatic carbocycles. The predicted octanol–water partition coefficient (Wildman–Crippen LogP) is 3.93.